The summed E-state index contributed by atoms with van der Waals surface area (Å²) in [5.41, 5.74) is 4.54. The first-order valence-electron chi connectivity index (χ1n) is 10.2. The number of fused-ring (bicyclic) bond motifs is 4. The molecule has 0 aliphatic carbocycles. The second kappa shape index (κ2) is 7.24. The van der Waals surface area contributed by atoms with E-state index in [1.165, 1.54) is 0 Å². The van der Waals surface area contributed by atoms with Gasteiger partial charge in [0.1, 0.15) is 11.2 Å². The normalized spacial score (nSPS) is 11.8. The Morgan fingerprint density at radius 2 is 1.47 bits per heavy atom. The highest BCUT2D eigenvalue weighted by Gasteiger charge is 2.25. The van der Waals surface area contributed by atoms with Crippen LogP contribution in [0.3, 0.4) is 0 Å². The SMILES string of the molecule is O=c1c2c3nc4ccccc4nc3n(/N=C/c3ccccc3)c2[nH+]cn1-c1ccccc1. The quantitative estimate of drug-likeness (QED) is 0.413. The van der Waals surface area contributed by atoms with Crippen molar-refractivity contribution in [3.63, 3.8) is 0 Å². The second-order valence-electron chi connectivity index (χ2n) is 7.36. The molecule has 3 heterocycles. The summed E-state index contributed by atoms with van der Waals surface area (Å²) in [6, 6.07) is 26.9. The molecule has 0 aliphatic heterocycles. The van der Waals surface area contributed by atoms with Crippen LogP contribution in [0.2, 0.25) is 0 Å². The number of aromatic amines is 1. The molecule has 7 nitrogen and oxygen atoms in total. The number of benzene rings is 3. The summed E-state index contributed by atoms with van der Waals surface area (Å²) in [6.07, 6.45) is 3.39. The average molecular weight is 417 g/mol. The Labute approximate surface area is 181 Å². The molecule has 7 heteroatoms. The lowest BCUT2D eigenvalue weighted by Crippen LogP contribution is -2.25. The summed E-state index contributed by atoms with van der Waals surface area (Å²) in [6.45, 7) is 0. The summed E-state index contributed by atoms with van der Waals surface area (Å²) < 4.78 is 3.22. The van der Waals surface area contributed by atoms with Crippen LogP contribution >= 0.6 is 0 Å². The maximum Gasteiger partial charge on any atom is 0.327 e. The zero-order valence-electron chi connectivity index (χ0n) is 16.9. The van der Waals surface area contributed by atoms with Gasteiger partial charge in [-0.25, -0.2) is 19.7 Å². The molecule has 0 bridgehead atoms. The third kappa shape index (κ3) is 2.87. The molecular weight excluding hydrogens is 400 g/mol. The second-order valence-corrected chi connectivity index (χ2v) is 7.36. The minimum Gasteiger partial charge on any atom is -0.250 e. The van der Waals surface area contributed by atoms with Crippen molar-refractivity contribution in [2.45, 2.75) is 0 Å². The van der Waals surface area contributed by atoms with Crippen LogP contribution in [0.4, 0.5) is 0 Å². The van der Waals surface area contributed by atoms with Crippen molar-refractivity contribution in [1.29, 1.82) is 0 Å². The molecule has 3 aromatic carbocycles. The molecular formula is C25H17N6O+. The molecule has 0 aliphatic rings. The Bertz CT molecular complexity index is 1680. The zero-order valence-corrected chi connectivity index (χ0v) is 16.9. The molecule has 0 saturated carbocycles. The van der Waals surface area contributed by atoms with Gasteiger partial charge in [-0.15, -0.1) is 9.78 Å². The Balaban J connectivity index is 1.70. The fraction of sp³-hybridized carbons (Fsp3) is 0. The minimum absolute atomic E-state index is 0.187. The van der Waals surface area contributed by atoms with Crippen molar-refractivity contribution in [1.82, 2.24) is 19.2 Å². The molecule has 0 fully saturated rings. The molecule has 0 radical (unpaired) electrons. The van der Waals surface area contributed by atoms with Crippen LogP contribution in [0, 0.1) is 0 Å². The Morgan fingerprint density at radius 1 is 0.812 bits per heavy atom. The van der Waals surface area contributed by atoms with E-state index in [2.05, 4.69) is 10.1 Å². The number of rotatable bonds is 3. The molecule has 0 saturated heterocycles. The highest BCUT2D eigenvalue weighted by atomic mass is 16.1. The van der Waals surface area contributed by atoms with E-state index in [1.807, 2.05) is 84.9 Å². The van der Waals surface area contributed by atoms with Gasteiger partial charge in [0.2, 0.25) is 5.65 Å². The van der Waals surface area contributed by atoms with Crippen LogP contribution in [-0.2, 0) is 0 Å². The van der Waals surface area contributed by atoms with Crippen LogP contribution < -0.4 is 10.5 Å². The largest absolute Gasteiger partial charge is 0.327 e. The van der Waals surface area contributed by atoms with Crippen LogP contribution in [0.1, 0.15) is 5.56 Å². The third-order valence-corrected chi connectivity index (χ3v) is 5.36. The van der Waals surface area contributed by atoms with Gasteiger partial charge in [-0.1, -0.05) is 60.7 Å². The van der Waals surface area contributed by atoms with E-state index in [9.17, 15) is 4.79 Å². The van der Waals surface area contributed by atoms with Crippen molar-refractivity contribution < 1.29 is 4.98 Å². The number of nitrogens with zero attached hydrogens (tertiary/aromatic N) is 5. The maximum atomic E-state index is 13.6. The Morgan fingerprint density at radius 3 is 2.22 bits per heavy atom. The van der Waals surface area contributed by atoms with E-state index in [-0.39, 0.29) is 5.56 Å². The number of H-pyrrole nitrogens is 1. The van der Waals surface area contributed by atoms with Crippen molar-refractivity contribution in [3.8, 4) is 5.69 Å². The number of aromatic nitrogens is 5. The van der Waals surface area contributed by atoms with Gasteiger partial charge in [0.25, 0.3) is 5.65 Å². The Hall–Kier alpha value is -4.65. The topological polar surface area (TPSA) is 79.2 Å². The molecule has 0 amide bonds. The Kier molecular flexibility index (Phi) is 4.11. The molecule has 152 valence electrons. The van der Waals surface area contributed by atoms with E-state index < -0.39 is 0 Å². The smallest absolute Gasteiger partial charge is 0.250 e. The van der Waals surface area contributed by atoms with E-state index in [0.29, 0.717) is 22.2 Å². The van der Waals surface area contributed by atoms with E-state index in [4.69, 9.17) is 9.97 Å². The summed E-state index contributed by atoms with van der Waals surface area (Å²) in [5, 5.41) is 5.09. The summed E-state index contributed by atoms with van der Waals surface area (Å²) in [7, 11) is 0. The monoisotopic (exact) mass is 417 g/mol. The molecule has 0 unspecified atom stereocenters. The average Bonchev–Trinajstić information content (AvgIpc) is 3.16. The van der Waals surface area contributed by atoms with Gasteiger partial charge < -0.3 is 0 Å². The predicted molar refractivity (Wildman–Crippen MR) is 124 cm³/mol. The van der Waals surface area contributed by atoms with Crippen LogP contribution in [0.15, 0.2) is 101 Å². The van der Waals surface area contributed by atoms with Gasteiger partial charge in [-0.2, -0.15) is 4.57 Å². The van der Waals surface area contributed by atoms with Gasteiger partial charge in [0.05, 0.1) is 17.2 Å². The van der Waals surface area contributed by atoms with Crippen molar-refractivity contribution in [2.24, 2.45) is 5.10 Å². The molecule has 32 heavy (non-hydrogen) atoms. The van der Waals surface area contributed by atoms with Crippen molar-refractivity contribution in [3.05, 3.63) is 107 Å². The molecule has 0 atom stereocenters. The highest BCUT2D eigenvalue weighted by molar-refractivity contribution is 6.03. The van der Waals surface area contributed by atoms with Gasteiger partial charge in [0, 0.05) is 0 Å². The number of nitrogens with one attached hydrogen (secondary N) is 1. The maximum absolute atomic E-state index is 13.6. The molecule has 1 N–H and O–H groups in total. The molecule has 3 aromatic heterocycles. The van der Waals surface area contributed by atoms with Crippen LogP contribution in [0.25, 0.3) is 38.9 Å². The number of hydrogen-bond donors (Lipinski definition) is 0. The van der Waals surface area contributed by atoms with Crippen LogP contribution in [0.5, 0.6) is 0 Å². The lowest BCUT2D eigenvalue weighted by atomic mass is 10.2. The summed E-state index contributed by atoms with van der Waals surface area (Å²) >= 11 is 0. The van der Waals surface area contributed by atoms with E-state index >= 15 is 0 Å². The van der Waals surface area contributed by atoms with Crippen molar-refractivity contribution in [2.75, 3.05) is 0 Å². The van der Waals surface area contributed by atoms with Crippen LogP contribution in [-0.4, -0.2) is 25.4 Å². The zero-order chi connectivity index (χ0) is 21.5. The minimum atomic E-state index is -0.187. The molecule has 6 aromatic rings. The third-order valence-electron chi connectivity index (χ3n) is 5.36. The van der Waals surface area contributed by atoms with E-state index in [0.717, 1.165) is 22.3 Å². The number of para-hydroxylation sites is 3. The van der Waals surface area contributed by atoms with Gasteiger partial charge in [-0.3, -0.25) is 0 Å². The van der Waals surface area contributed by atoms with Crippen molar-refractivity contribution >= 4 is 39.4 Å². The fourth-order valence-electron chi connectivity index (χ4n) is 3.83. The lowest BCUT2D eigenvalue weighted by molar-refractivity contribution is -0.356. The summed E-state index contributed by atoms with van der Waals surface area (Å²) in [4.78, 5) is 26.4. The van der Waals surface area contributed by atoms with Gasteiger partial charge in [-0.05, 0) is 29.8 Å². The summed E-state index contributed by atoms with van der Waals surface area (Å²) in [5.74, 6) is 0. The van der Waals surface area contributed by atoms with Gasteiger partial charge in [0.15, 0.2) is 11.7 Å². The molecule has 0 spiro atoms. The first-order chi connectivity index (χ1) is 15.8. The first kappa shape index (κ1) is 18.1. The standard InChI is InChI=1S/C25H16N6O/c32-25-21-22-24(29-20-14-8-7-13-19(20)28-22)31(27-15-17-9-3-1-4-10-17)23(21)26-16-30(25)18-11-5-2-6-12-18/h1-16H/p+1/b27-15+. The first-order valence-corrected chi connectivity index (χ1v) is 10.2. The lowest BCUT2D eigenvalue weighted by Gasteiger charge is -1.99. The van der Waals surface area contributed by atoms with E-state index in [1.54, 1.807) is 21.8 Å². The molecule has 6 rings (SSSR count). The van der Waals surface area contributed by atoms with Gasteiger partial charge >= 0.3 is 5.56 Å². The fourth-order valence-corrected chi connectivity index (χ4v) is 3.83. The predicted octanol–water partition coefficient (Wildman–Crippen LogP) is 3.58. The number of hydrogen-bond acceptors (Lipinski definition) is 4. The highest BCUT2D eigenvalue weighted by Crippen LogP contribution is 2.24.